The van der Waals surface area contributed by atoms with Crippen LogP contribution in [0.15, 0.2) is 54.7 Å². The van der Waals surface area contributed by atoms with Crippen molar-refractivity contribution >= 4 is 16.8 Å². The predicted molar refractivity (Wildman–Crippen MR) is 135 cm³/mol. The molecule has 34 heavy (non-hydrogen) atoms. The van der Waals surface area contributed by atoms with Crippen LogP contribution < -0.4 is 10.1 Å². The fourth-order valence-corrected chi connectivity index (χ4v) is 5.79. The molecule has 2 aliphatic rings. The molecule has 2 saturated heterocycles. The maximum Gasteiger partial charge on any atom is 0.255 e. The van der Waals surface area contributed by atoms with Gasteiger partial charge in [-0.15, -0.1) is 0 Å². The molecule has 3 heterocycles. The molecule has 1 aromatic heterocycles. The van der Waals surface area contributed by atoms with Crippen molar-refractivity contribution in [3.8, 4) is 5.75 Å². The number of hydrogen-bond donors (Lipinski definition) is 1. The molecule has 3 aromatic rings. The Kier molecular flexibility index (Phi) is 7.16. The number of fused-ring (bicyclic) bond motifs is 1. The lowest BCUT2D eigenvalue weighted by molar-refractivity contribution is -0.123. The Morgan fingerprint density at radius 2 is 1.85 bits per heavy atom. The zero-order valence-corrected chi connectivity index (χ0v) is 20.1. The predicted octanol–water partition coefficient (Wildman–Crippen LogP) is 4.15. The molecule has 0 aliphatic carbocycles. The van der Waals surface area contributed by atoms with E-state index in [-0.39, 0.29) is 5.91 Å². The van der Waals surface area contributed by atoms with Crippen LogP contribution in [0.3, 0.4) is 0 Å². The van der Waals surface area contributed by atoms with Gasteiger partial charge in [-0.3, -0.25) is 14.6 Å². The van der Waals surface area contributed by atoms with E-state index in [4.69, 9.17) is 4.74 Å². The minimum absolute atomic E-state index is 0.0556. The molecule has 0 spiro atoms. The lowest BCUT2D eigenvalue weighted by atomic mass is 9.84. The third-order valence-electron chi connectivity index (χ3n) is 7.52. The van der Waals surface area contributed by atoms with Gasteiger partial charge in [-0.2, -0.15) is 0 Å². The Bertz CT molecular complexity index is 1100. The molecule has 6 heteroatoms. The highest BCUT2D eigenvalue weighted by atomic mass is 16.5. The number of benzene rings is 2. The van der Waals surface area contributed by atoms with E-state index in [1.807, 2.05) is 24.3 Å². The average molecular weight is 460 g/mol. The number of aromatic amines is 1. The summed E-state index contributed by atoms with van der Waals surface area (Å²) in [5.41, 5.74) is 3.52. The number of piperidine rings is 2. The molecular weight excluding hydrogens is 424 g/mol. The molecule has 1 amide bonds. The van der Waals surface area contributed by atoms with Crippen LogP contribution in [0, 0.1) is 0 Å². The van der Waals surface area contributed by atoms with E-state index in [2.05, 4.69) is 50.6 Å². The summed E-state index contributed by atoms with van der Waals surface area (Å²) in [4.78, 5) is 21.3. The van der Waals surface area contributed by atoms with Gasteiger partial charge in [-0.25, -0.2) is 5.32 Å². The molecule has 5 rings (SSSR count). The van der Waals surface area contributed by atoms with E-state index in [9.17, 15) is 4.79 Å². The van der Waals surface area contributed by atoms with Crippen LogP contribution in [-0.4, -0.2) is 66.6 Å². The molecule has 6 nitrogen and oxygen atoms in total. The highest BCUT2D eigenvalue weighted by molar-refractivity contribution is 5.84. The molecule has 2 aromatic carbocycles. The summed E-state index contributed by atoms with van der Waals surface area (Å²) in [6.45, 7) is 4.95. The van der Waals surface area contributed by atoms with Crippen LogP contribution in [0.5, 0.6) is 5.75 Å². The molecule has 179 valence electrons. The zero-order valence-electron chi connectivity index (χ0n) is 20.1. The van der Waals surface area contributed by atoms with Crippen molar-refractivity contribution in [1.29, 1.82) is 0 Å². The Morgan fingerprint density at radius 3 is 2.71 bits per heavy atom. The molecule has 2 aliphatic heterocycles. The van der Waals surface area contributed by atoms with Crippen molar-refractivity contribution in [3.63, 3.8) is 0 Å². The van der Waals surface area contributed by atoms with Crippen molar-refractivity contribution < 1.29 is 9.53 Å². The van der Waals surface area contributed by atoms with E-state index in [0.29, 0.717) is 25.0 Å². The number of nitrogens with one attached hydrogen (secondary N) is 1. The lowest BCUT2D eigenvalue weighted by Gasteiger charge is -2.45. The number of amides is 1. The summed E-state index contributed by atoms with van der Waals surface area (Å²) < 4.78 is 5.40. The van der Waals surface area contributed by atoms with Crippen LogP contribution in [0.4, 0.5) is 0 Å². The quantitative estimate of drug-likeness (QED) is 0.577. The normalized spacial score (nSPS) is 22.0. The van der Waals surface area contributed by atoms with Crippen molar-refractivity contribution in [1.82, 2.24) is 20.1 Å². The third-order valence-corrected chi connectivity index (χ3v) is 7.52. The van der Waals surface area contributed by atoms with Crippen LogP contribution in [0.25, 0.3) is 10.9 Å². The fourth-order valence-electron chi connectivity index (χ4n) is 5.79. The molecule has 1 N–H and O–H groups in total. The van der Waals surface area contributed by atoms with Crippen molar-refractivity contribution in [2.45, 2.75) is 44.2 Å². The third kappa shape index (κ3) is 4.98. The van der Waals surface area contributed by atoms with Crippen molar-refractivity contribution in [2.24, 2.45) is 0 Å². The number of aromatic nitrogens is 1. The van der Waals surface area contributed by atoms with Gasteiger partial charge in [0.25, 0.3) is 5.91 Å². The van der Waals surface area contributed by atoms with Gasteiger partial charge in [0.05, 0.1) is 20.2 Å². The van der Waals surface area contributed by atoms with Gasteiger partial charge < -0.3 is 9.72 Å². The molecule has 2 atom stereocenters. The summed E-state index contributed by atoms with van der Waals surface area (Å²) in [6, 6.07) is 16.9. The summed E-state index contributed by atoms with van der Waals surface area (Å²) >= 11 is 0. The lowest BCUT2D eigenvalue weighted by Crippen LogP contribution is -2.52. The number of hydrogen-bond acceptors (Lipinski definition) is 4. The first-order valence-corrected chi connectivity index (χ1v) is 12.6. The Balaban J connectivity index is 1.29. The Labute approximate surface area is 202 Å². The van der Waals surface area contributed by atoms with Gasteiger partial charge in [0.15, 0.2) is 0 Å². The second kappa shape index (κ2) is 10.6. The standard InChI is InChI=1S/C28H35N4O2/c1-34-27-12-6-3-9-21(27)17-30-28(33)20-31-16-13-26(32-14-7-2-8-15-32)24(19-31)23-18-29-25-11-5-4-10-22(23)25/h3-6,9-12,18,24,26,29H,2,7-8,13-17,19-20H2,1H3. The highest BCUT2D eigenvalue weighted by Crippen LogP contribution is 2.36. The Hall–Kier alpha value is -2.83. The van der Waals surface area contributed by atoms with E-state index < -0.39 is 0 Å². The monoisotopic (exact) mass is 459 g/mol. The zero-order chi connectivity index (χ0) is 23.3. The topological polar surface area (TPSA) is 62.7 Å². The molecule has 0 bridgehead atoms. The van der Waals surface area contributed by atoms with E-state index in [1.54, 1.807) is 7.11 Å². The summed E-state index contributed by atoms with van der Waals surface area (Å²) in [5, 5.41) is 5.68. The number of carbonyl (C=O) groups is 1. The van der Waals surface area contributed by atoms with Gasteiger partial charge in [0.2, 0.25) is 0 Å². The van der Waals surface area contributed by atoms with Gasteiger partial charge in [-0.1, -0.05) is 42.8 Å². The van der Waals surface area contributed by atoms with Gasteiger partial charge in [0, 0.05) is 47.7 Å². The van der Waals surface area contributed by atoms with Gasteiger partial charge >= 0.3 is 0 Å². The summed E-state index contributed by atoms with van der Waals surface area (Å²) in [7, 11) is 1.65. The van der Waals surface area contributed by atoms with Crippen LogP contribution in [0.2, 0.25) is 0 Å². The van der Waals surface area contributed by atoms with Gasteiger partial charge in [0.1, 0.15) is 5.75 Å². The maximum absolute atomic E-state index is 12.8. The number of carbonyl (C=O) groups excluding carboxylic acids is 1. The first-order valence-electron chi connectivity index (χ1n) is 12.6. The fraction of sp³-hybridized carbons (Fsp3) is 0.464. The maximum atomic E-state index is 12.8. The molecule has 2 unspecified atom stereocenters. The Morgan fingerprint density at radius 1 is 1.06 bits per heavy atom. The van der Waals surface area contributed by atoms with Crippen molar-refractivity contribution in [3.05, 3.63) is 65.9 Å². The molecule has 0 saturated carbocycles. The molecular formula is C28H35N4O2. The number of likely N-dealkylation sites (tertiary alicyclic amines) is 2. The van der Waals surface area contributed by atoms with Crippen LogP contribution >= 0.6 is 0 Å². The molecule has 2 fully saturated rings. The van der Waals surface area contributed by atoms with E-state index in [0.717, 1.165) is 30.8 Å². The average Bonchev–Trinajstić information content (AvgIpc) is 3.32. The van der Waals surface area contributed by atoms with Gasteiger partial charge in [-0.05, 0) is 50.0 Å². The minimum atomic E-state index is -0.0556. The SMILES string of the molecule is COc1ccccc1C[N]C(=O)CN1CCC(N2CCCCC2)C(c2c[nH]c3ccccc23)C1. The number of methoxy groups -OCH3 is 1. The highest BCUT2D eigenvalue weighted by Gasteiger charge is 2.36. The largest absolute Gasteiger partial charge is 0.496 e. The number of rotatable bonds is 7. The number of H-pyrrole nitrogens is 1. The first-order chi connectivity index (χ1) is 16.7. The second-order valence-corrected chi connectivity index (χ2v) is 9.61. The number of ether oxygens (including phenoxy) is 1. The van der Waals surface area contributed by atoms with E-state index in [1.165, 1.54) is 48.8 Å². The van der Waals surface area contributed by atoms with Crippen molar-refractivity contribution in [2.75, 3.05) is 39.8 Å². The first kappa shape index (κ1) is 22.9. The van der Waals surface area contributed by atoms with E-state index >= 15 is 0 Å². The number of nitrogens with zero attached hydrogens (tertiary/aromatic N) is 3. The smallest absolute Gasteiger partial charge is 0.255 e. The number of para-hydroxylation sites is 2. The summed E-state index contributed by atoms with van der Waals surface area (Å²) in [5.74, 6) is 1.10. The molecule has 1 radical (unpaired) electrons. The minimum Gasteiger partial charge on any atom is -0.496 e. The summed E-state index contributed by atoms with van der Waals surface area (Å²) in [6.07, 6.45) is 7.21. The second-order valence-electron chi connectivity index (χ2n) is 9.61. The van der Waals surface area contributed by atoms with Crippen LogP contribution in [0.1, 0.15) is 42.7 Å². The van der Waals surface area contributed by atoms with Crippen LogP contribution in [-0.2, 0) is 11.3 Å².